The lowest BCUT2D eigenvalue weighted by atomic mass is 10.0. The third kappa shape index (κ3) is 68.4. The zero-order chi connectivity index (χ0) is 64.9. The van der Waals surface area contributed by atoms with E-state index >= 15 is 0 Å². The van der Waals surface area contributed by atoms with Gasteiger partial charge in [-0.05, 0) is 122 Å². The number of hydrogen-bond acceptors (Lipinski definition) is 6. The molecule has 0 saturated heterocycles. The summed E-state index contributed by atoms with van der Waals surface area (Å²) in [5, 5.41) is 3.07. The number of unbranched alkanes of at least 4 members (excludes halogenated alkanes) is 29. The number of likely N-dealkylation sites (N-methyl/N-ethyl adjacent to an activating group) is 1. The molecular formula is C79H138N2O7P+. The maximum Gasteiger partial charge on any atom is 0.472 e. The predicted molar refractivity (Wildman–Crippen MR) is 387 cm³/mol. The van der Waals surface area contributed by atoms with Crippen LogP contribution in [-0.4, -0.2) is 74.3 Å². The lowest BCUT2D eigenvalue weighted by Gasteiger charge is -2.27. The normalized spacial score (nSPS) is 14.3. The second kappa shape index (κ2) is 67.1. The van der Waals surface area contributed by atoms with Crippen molar-refractivity contribution in [1.82, 2.24) is 5.32 Å². The Labute approximate surface area is 549 Å². The number of allylic oxidation sites excluding steroid dienone is 21. The highest BCUT2D eigenvalue weighted by Gasteiger charge is 2.30. The molecule has 0 aliphatic rings. The predicted octanol–water partition coefficient (Wildman–Crippen LogP) is 23.6. The van der Waals surface area contributed by atoms with Crippen molar-refractivity contribution in [2.24, 2.45) is 0 Å². The van der Waals surface area contributed by atoms with Crippen LogP contribution >= 0.6 is 7.82 Å². The van der Waals surface area contributed by atoms with Crippen molar-refractivity contribution in [1.29, 1.82) is 0 Å². The van der Waals surface area contributed by atoms with Crippen molar-refractivity contribution in [2.75, 3.05) is 40.9 Å². The Balaban J connectivity index is 5.01. The number of hydrogen-bond donors (Lipinski definition) is 2. The summed E-state index contributed by atoms with van der Waals surface area (Å²) < 4.78 is 30.8. The fraction of sp³-hybridized carbons (Fsp3) is 0.696. The van der Waals surface area contributed by atoms with Gasteiger partial charge in [0.15, 0.2) is 0 Å². The van der Waals surface area contributed by atoms with Gasteiger partial charge in [-0.25, -0.2) is 4.57 Å². The topological polar surface area (TPSA) is 111 Å². The Morgan fingerprint density at radius 1 is 0.404 bits per heavy atom. The quantitative estimate of drug-likeness (QED) is 0.0205. The molecule has 3 unspecified atom stereocenters. The van der Waals surface area contributed by atoms with E-state index < -0.39 is 20.0 Å². The summed E-state index contributed by atoms with van der Waals surface area (Å²) in [7, 11) is 1.48. The van der Waals surface area contributed by atoms with Crippen LogP contribution in [0.1, 0.15) is 303 Å². The molecule has 10 heteroatoms. The number of esters is 1. The second-order valence-corrected chi connectivity index (χ2v) is 26.8. The molecule has 2 N–H and O–H groups in total. The molecule has 0 radical (unpaired) electrons. The number of phosphoric acid groups is 1. The first-order valence-corrected chi connectivity index (χ1v) is 38.0. The molecule has 0 fully saturated rings. The molecule has 0 bridgehead atoms. The number of carbonyl (C=O) groups excluding carboxylic acids is 2. The number of phosphoric ester groups is 1. The fourth-order valence-corrected chi connectivity index (χ4v) is 10.8. The van der Waals surface area contributed by atoms with Crippen LogP contribution in [0.25, 0.3) is 0 Å². The van der Waals surface area contributed by atoms with Crippen LogP contribution in [0, 0.1) is 0 Å². The van der Waals surface area contributed by atoms with Crippen LogP contribution in [0.2, 0.25) is 0 Å². The van der Waals surface area contributed by atoms with Gasteiger partial charge in [-0.1, -0.05) is 302 Å². The lowest BCUT2D eigenvalue weighted by Crippen LogP contribution is -2.47. The van der Waals surface area contributed by atoms with Gasteiger partial charge in [0.05, 0.1) is 33.8 Å². The molecule has 9 nitrogen and oxygen atoms in total. The molecule has 0 saturated carbocycles. The molecule has 3 atom stereocenters. The molecule has 0 aromatic rings. The van der Waals surface area contributed by atoms with Crippen LogP contribution < -0.4 is 5.32 Å². The largest absolute Gasteiger partial charge is 0.472 e. The molecule has 510 valence electrons. The van der Waals surface area contributed by atoms with E-state index in [1.165, 1.54) is 135 Å². The van der Waals surface area contributed by atoms with Gasteiger partial charge in [-0.15, -0.1) is 0 Å². The van der Waals surface area contributed by atoms with Crippen molar-refractivity contribution in [3.63, 3.8) is 0 Å². The molecule has 0 spiro atoms. The molecule has 0 aliphatic carbocycles. The van der Waals surface area contributed by atoms with Crippen LogP contribution in [0.15, 0.2) is 134 Å². The van der Waals surface area contributed by atoms with E-state index in [9.17, 15) is 19.0 Å². The van der Waals surface area contributed by atoms with Gasteiger partial charge in [0.2, 0.25) is 5.91 Å². The third-order valence-electron chi connectivity index (χ3n) is 15.6. The highest BCUT2D eigenvalue weighted by molar-refractivity contribution is 7.47. The van der Waals surface area contributed by atoms with Crippen LogP contribution in [0.4, 0.5) is 0 Å². The monoisotopic (exact) mass is 1260 g/mol. The molecule has 0 aromatic heterocycles. The van der Waals surface area contributed by atoms with Crippen molar-refractivity contribution in [2.45, 2.75) is 315 Å². The molecular weight excluding hydrogens is 1120 g/mol. The van der Waals surface area contributed by atoms with E-state index in [1.54, 1.807) is 0 Å². The van der Waals surface area contributed by atoms with E-state index in [4.69, 9.17) is 13.8 Å². The molecule has 0 rings (SSSR count). The number of ether oxygens (including phenoxy) is 1. The summed E-state index contributed by atoms with van der Waals surface area (Å²) in [6.45, 7) is 6.78. The number of nitrogens with zero attached hydrogens (tertiary/aromatic N) is 1. The van der Waals surface area contributed by atoms with Crippen LogP contribution in [-0.2, 0) is 27.9 Å². The summed E-state index contributed by atoms with van der Waals surface area (Å²) in [4.78, 5) is 37.9. The van der Waals surface area contributed by atoms with Crippen molar-refractivity contribution < 1.29 is 37.3 Å². The van der Waals surface area contributed by atoms with E-state index in [0.29, 0.717) is 17.4 Å². The molecule has 0 aromatic carbocycles. The zero-order valence-electron chi connectivity index (χ0n) is 58.4. The van der Waals surface area contributed by atoms with Gasteiger partial charge in [0.1, 0.15) is 19.3 Å². The lowest BCUT2D eigenvalue weighted by molar-refractivity contribution is -0.870. The number of quaternary nitrogens is 1. The average Bonchev–Trinajstić information content (AvgIpc) is 3.71. The smallest absolute Gasteiger partial charge is 0.456 e. The van der Waals surface area contributed by atoms with Gasteiger partial charge >= 0.3 is 13.8 Å². The van der Waals surface area contributed by atoms with Gasteiger partial charge in [-0.2, -0.15) is 0 Å². The number of rotatable bonds is 65. The minimum absolute atomic E-state index is 0.0324. The van der Waals surface area contributed by atoms with Gasteiger partial charge in [0.25, 0.3) is 0 Å². The summed E-state index contributed by atoms with van der Waals surface area (Å²) in [6.07, 6.45) is 96.1. The van der Waals surface area contributed by atoms with Crippen molar-refractivity contribution in [3.05, 3.63) is 134 Å². The van der Waals surface area contributed by atoms with E-state index in [0.717, 1.165) is 135 Å². The molecule has 0 heterocycles. The van der Waals surface area contributed by atoms with Gasteiger partial charge in [-0.3, -0.25) is 18.6 Å². The Kier molecular flexibility index (Phi) is 64.2. The summed E-state index contributed by atoms with van der Waals surface area (Å²) >= 11 is 0. The van der Waals surface area contributed by atoms with Crippen LogP contribution in [0.3, 0.4) is 0 Å². The molecule has 1 amide bonds. The molecule has 0 aliphatic heterocycles. The minimum Gasteiger partial charge on any atom is -0.456 e. The Bertz CT molecular complexity index is 1990. The Hall–Kier alpha value is -3.85. The fourth-order valence-electron chi connectivity index (χ4n) is 10.1. The standard InChI is InChI=1S/C79H137N2O7P/c1-7-10-13-16-19-22-25-27-29-31-33-35-37-39-40-42-44-46-48-50-52-54-57-60-63-66-69-72-79(83)88-77(70-67-64-61-58-55-24-21-18-15-12-9-3)76(75-87-89(84,85)86-74-73-81(4,5)6)80-78(82)71-68-65-62-59-56-53-51-49-47-45-43-41-38-36-34-32-30-28-26-23-20-17-14-11-8-2/h10-11,13-14,19-20,22-23,27-30,33-36,39-41,43,67,70,76-77H,7-9,12,15-18,21,24-26,31-32,37-38,42,44-66,68-69,71-75H2,1-6H3,(H-,80,82,84,85)/p+1/b13-10-,14-11-,22-19-,23-20-,29-27-,30-28-,35-33-,36-34-,40-39-,43-41-,70-67+. The summed E-state index contributed by atoms with van der Waals surface area (Å²) in [5.74, 6) is -0.518. The Morgan fingerprint density at radius 2 is 0.719 bits per heavy atom. The number of carbonyl (C=O) groups is 2. The van der Waals surface area contributed by atoms with E-state index in [-0.39, 0.29) is 31.5 Å². The second-order valence-electron chi connectivity index (χ2n) is 25.3. The van der Waals surface area contributed by atoms with Crippen LogP contribution in [0.5, 0.6) is 0 Å². The maximum atomic E-state index is 13.6. The Morgan fingerprint density at radius 3 is 1.08 bits per heavy atom. The average molecular weight is 1260 g/mol. The first kappa shape index (κ1) is 85.2. The first-order valence-electron chi connectivity index (χ1n) is 36.5. The van der Waals surface area contributed by atoms with Gasteiger partial charge < -0.3 is 19.4 Å². The SMILES string of the molecule is CC/C=C\C/C=C\C/C=C\C/C=C\C/C=C\CCCCCCCCCCCCCC(=O)OC(/C=C/CCCCCCCCCCC)C(COP(=O)(O)OCC[N+](C)(C)C)NC(=O)CCCCCCCCCCC/C=C\C/C=C\C/C=C\C/C=C\C/C=C\CC. The van der Waals surface area contributed by atoms with Crippen molar-refractivity contribution in [3.8, 4) is 0 Å². The van der Waals surface area contributed by atoms with E-state index in [2.05, 4.69) is 148 Å². The number of amides is 1. The summed E-state index contributed by atoms with van der Waals surface area (Å²) in [5.41, 5.74) is 0. The first-order chi connectivity index (χ1) is 43.4. The highest BCUT2D eigenvalue weighted by atomic mass is 31.2. The zero-order valence-corrected chi connectivity index (χ0v) is 59.3. The maximum absolute atomic E-state index is 13.6. The molecule has 89 heavy (non-hydrogen) atoms. The van der Waals surface area contributed by atoms with Gasteiger partial charge in [0, 0.05) is 12.8 Å². The van der Waals surface area contributed by atoms with E-state index in [1.807, 2.05) is 33.3 Å². The highest BCUT2D eigenvalue weighted by Crippen LogP contribution is 2.43. The number of nitrogens with one attached hydrogen (secondary N) is 1. The third-order valence-corrected chi connectivity index (χ3v) is 16.6. The summed E-state index contributed by atoms with van der Waals surface area (Å²) in [6, 6.07) is -0.863. The van der Waals surface area contributed by atoms with Crippen molar-refractivity contribution >= 4 is 19.7 Å². The minimum atomic E-state index is -4.47.